The van der Waals surface area contributed by atoms with Gasteiger partial charge in [0.2, 0.25) is 0 Å². The Bertz CT molecular complexity index is 1140. The van der Waals surface area contributed by atoms with E-state index in [9.17, 15) is 13.2 Å². The van der Waals surface area contributed by atoms with E-state index in [0.29, 0.717) is 17.1 Å². The number of pyridine rings is 1. The molecule has 0 radical (unpaired) electrons. The van der Waals surface area contributed by atoms with Crippen LogP contribution < -0.4 is 10.2 Å². The Balaban J connectivity index is 1.44. The molecule has 1 spiro atoms. The summed E-state index contributed by atoms with van der Waals surface area (Å²) >= 11 is 0. The number of alkyl halides is 3. The topological polar surface area (TPSA) is 63.2 Å². The van der Waals surface area contributed by atoms with Crippen molar-refractivity contribution < 1.29 is 17.9 Å². The molecule has 2 aromatic heterocycles. The lowest BCUT2D eigenvalue weighted by Crippen LogP contribution is -2.66. The van der Waals surface area contributed by atoms with Crippen LogP contribution in [0.5, 0.6) is 0 Å². The molecule has 4 heterocycles. The summed E-state index contributed by atoms with van der Waals surface area (Å²) < 4.78 is 44.6. The minimum atomic E-state index is -4.38. The highest BCUT2D eigenvalue weighted by Crippen LogP contribution is 2.41. The van der Waals surface area contributed by atoms with E-state index in [-0.39, 0.29) is 5.41 Å². The predicted octanol–water partition coefficient (Wildman–Crippen LogP) is 4.36. The Morgan fingerprint density at radius 1 is 1.16 bits per heavy atom. The van der Waals surface area contributed by atoms with Crippen LogP contribution in [0.2, 0.25) is 0 Å². The van der Waals surface area contributed by atoms with Gasteiger partial charge in [0.15, 0.2) is 5.82 Å². The third-order valence-electron chi connectivity index (χ3n) is 6.07. The molecule has 2 saturated heterocycles. The van der Waals surface area contributed by atoms with Gasteiger partial charge in [-0.2, -0.15) is 18.3 Å². The highest BCUT2D eigenvalue weighted by Gasteiger charge is 2.49. The van der Waals surface area contributed by atoms with Gasteiger partial charge in [0.1, 0.15) is 0 Å². The Morgan fingerprint density at radius 3 is 2.61 bits per heavy atom. The summed E-state index contributed by atoms with van der Waals surface area (Å²) in [5.41, 5.74) is 2.54. The van der Waals surface area contributed by atoms with Crippen LogP contribution in [0, 0.1) is 12.3 Å². The molecule has 9 heteroatoms. The Kier molecular flexibility index (Phi) is 4.55. The lowest BCUT2D eigenvalue weighted by atomic mass is 9.78. The standard InChI is InChI=1S/C22H22F3N5O/c1-13(15-4-3-5-16(6-15)22(23,24)25)27-20-18-7-17(8-26-19(18)14(2)28-29-20)30-9-21(10-30)11-31-12-21/h3-8,13H,9-12H2,1-2H3,(H,27,29). The van der Waals surface area contributed by atoms with Crippen molar-refractivity contribution in [2.75, 3.05) is 36.5 Å². The van der Waals surface area contributed by atoms with Gasteiger partial charge in [0, 0.05) is 18.5 Å². The fourth-order valence-electron chi connectivity index (χ4n) is 4.22. The van der Waals surface area contributed by atoms with Crippen LogP contribution in [-0.2, 0) is 10.9 Å². The van der Waals surface area contributed by atoms with Gasteiger partial charge >= 0.3 is 6.18 Å². The van der Waals surface area contributed by atoms with Crippen molar-refractivity contribution in [3.8, 4) is 0 Å². The van der Waals surface area contributed by atoms with E-state index in [2.05, 4.69) is 25.4 Å². The SMILES string of the molecule is Cc1nnc(NC(C)c2cccc(C(F)(F)F)c2)c2cc(N3CC4(COC4)C3)cnc12. The predicted molar refractivity (Wildman–Crippen MR) is 111 cm³/mol. The lowest BCUT2D eigenvalue weighted by molar-refractivity contribution is -0.137. The third-order valence-corrected chi connectivity index (χ3v) is 6.07. The number of aryl methyl sites for hydroxylation is 1. The minimum Gasteiger partial charge on any atom is -0.380 e. The molecule has 162 valence electrons. The smallest absolute Gasteiger partial charge is 0.380 e. The van der Waals surface area contributed by atoms with Crippen molar-refractivity contribution in [1.82, 2.24) is 15.2 Å². The van der Waals surface area contributed by atoms with E-state index in [4.69, 9.17) is 4.74 Å². The zero-order valence-electron chi connectivity index (χ0n) is 17.2. The van der Waals surface area contributed by atoms with Crippen molar-refractivity contribution >= 4 is 22.4 Å². The summed E-state index contributed by atoms with van der Waals surface area (Å²) in [5, 5.41) is 12.5. The van der Waals surface area contributed by atoms with E-state index >= 15 is 0 Å². The number of hydrogen-bond donors (Lipinski definition) is 1. The van der Waals surface area contributed by atoms with Crippen molar-refractivity contribution in [2.45, 2.75) is 26.1 Å². The molecule has 31 heavy (non-hydrogen) atoms. The lowest BCUT2D eigenvalue weighted by Gasteiger charge is -2.55. The monoisotopic (exact) mass is 429 g/mol. The van der Waals surface area contributed by atoms with E-state index in [1.807, 2.05) is 19.2 Å². The van der Waals surface area contributed by atoms with Crippen LogP contribution in [0.1, 0.15) is 29.8 Å². The quantitative estimate of drug-likeness (QED) is 0.665. The van der Waals surface area contributed by atoms with Gasteiger partial charge in [-0.1, -0.05) is 12.1 Å². The van der Waals surface area contributed by atoms with Crippen LogP contribution in [0.25, 0.3) is 10.9 Å². The molecule has 3 aromatic rings. The van der Waals surface area contributed by atoms with Gasteiger partial charge in [-0.15, -0.1) is 5.10 Å². The zero-order valence-corrected chi connectivity index (χ0v) is 17.2. The van der Waals surface area contributed by atoms with Crippen molar-refractivity contribution in [1.29, 1.82) is 0 Å². The van der Waals surface area contributed by atoms with Crippen LogP contribution in [0.3, 0.4) is 0 Å². The van der Waals surface area contributed by atoms with Crippen molar-refractivity contribution in [3.05, 3.63) is 53.3 Å². The molecule has 2 aliphatic heterocycles. The summed E-state index contributed by atoms with van der Waals surface area (Å²) in [7, 11) is 0. The molecular weight excluding hydrogens is 407 g/mol. The average molecular weight is 429 g/mol. The summed E-state index contributed by atoms with van der Waals surface area (Å²) in [6, 6.07) is 6.94. The summed E-state index contributed by atoms with van der Waals surface area (Å²) in [6.07, 6.45) is -2.55. The number of rotatable bonds is 4. The molecule has 1 N–H and O–H groups in total. The maximum atomic E-state index is 13.1. The highest BCUT2D eigenvalue weighted by atomic mass is 19.4. The Hall–Kier alpha value is -2.94. The first kappa shape index (κ1) is 20.0. The van der Waals surface area contributed by atoms with E-state index < -0.39 is 17.8 Å². The van der Waals surface area contributed by atoms with Crippen LogP contribution in [0.15, 0.2) is 36.5 Å². The number of nitrogens with one attached hydrogen (secondary N) is 1. The highest BCUT2D eigenvalue weighted by molar-refractivity contribution is 5.92. The van der Waals surface area contributed by atoms with Crippen molar-refractivity contribution in [2.24, 2.45) is 5.41 Å². The van der Waals surface area contributed by atoms with Crippen molar-refractivity contribution in [3.63, 3.8) is 0 Å². The summed E-state index contributed by atoms with van der Waals surface area (Å²) in [5.74, 6) is 0.502. The van der Waals surface area contributed by atoms with E-state index in [1.54, 1.807) is 13.0 Å². The molecule has 1 aromatic carbocycles. The van der Waals surface area contributed by atoms with Crippen LogP contribution >= 0.6 is 0 Å². The fraction of sp³-hybridized carbons (Fsp3) is 0.409. The number of benzene rings is 1. The molecule has 6 nitrogen and oxygen atoms in total. The second-order valence-corrected chi connectivity index (χ2v) is 8.56. The number of nitrogens with zero attached hydrogens (tertiary/aromatic N) is 4. The van der Waals surface area contributed by atoms with E-state index in [0.717, 1.165) is 55.0 Å². The van der Waals surface area contributed by atoms with Crippen LogP contribution in [0.4, 0.5) is 24.7 Å². The van der Waals surface area contributed by atoms with Gasteiger partial charge in [0.25, 0.3) is 0 Å². The Morgan fingerprint density at radius 2 is 1.94 bits per heavy atom. The van der Waals surface area contributed by atoms with Gasteiger partial charge in [-0.3, -0.25) is 4.98 Å². The first-order valence-electron chi connectivity index (χ1n) is 10.1. The molecule has 1 unspecified atom stereocenters. The van der Waals surface area contributed by atoms with Gasteiger partial charge in [-0.05, 0) is 37.6 Å². The normalized spacial score (nSPS) is 18.5. The first-order valence-corrected chi connectivity index (χ1v) is 10.1. The maximum Gasteiger partial charge on any atom is 0.416 e. The number of aromatic nitrogens is 3. The maximum absolute atomic E-state index is 13.1. The molecule has 0 bridgehead atoms. The summed E-state index contributed by atoms with van der Waals surface area (Å²) in [4.78, 5) is 6.85. The second-order valence-electron chi connectivity index (χ2n) is 8.56. The summed E-state index contributed by atoms with van der Waals surface area (Å²) in [6.45, 7) is 7.11. The number of fused-ring (bicyclic) bond motifs is 1. The fourth-order valence-corrected chi connectivity index (χ4v) is 4.22. The number of hydrogen-bond acceptors (Lipinski definition) is 6. The minimum absolute atomic E-state index is 0.278. The molecule has 5 rings (SSSR count). The van der Waals surface area contributed by atoms with E-state index in [1.165, 1.54) is 6.07 Å². The number of anilines is 2. The third kappa shape index (κ3) is 3.56. The molecular formula is C22H22F3N5O. The zero-order chi connectivity index (χ0) is 21.8. The molecule has 2 aliphatic rings. The Labute approximate surface area is 177 Å². The molecule has 0 amide bonds. The number of ether oxygens (including phenoxy) is 1. The molecule has 0 saturated carbocycles. The largest absolute Gasteiger partial charge is 0.416 e. The second kappa shape index (κ2) is 7.05. The molecule has 0 aliphatic carbocycles. The average Bonchev–Trinajstić information content (AvgIpc) is 2.67. The van der Waals surface area contributed by atoms with Gasteiger partial charge < -0.3 is 15.0 Å². The van der Waals surface area contributed by atoms with Crippen LogP contribution in [-0.4, -0.2) is 41.5 Å². The number of halogens is 3. The first-order chi connectivity index (χ1) is 14.7. The molecule has 1 atom stereocenters. The van der Waals surface area contributed by atoms with Gasteiger partial charge in [0.05, 0.1) is 53.3 Å². The van der Waals surface area contributed by atoms with Gasteiger partial charge in [-0.25, -0.2) is 0 Å². The molecule has 2 fully saturated rings.